The third kappa shape index (κ3) is 7.05. The average Bonchev–Trinajstić information content (AvgIpc) is 2.50. The molecule has 0 aromatic heterocycles. The highest BCUT2D eigenvalue weighted by Gasteiger charge is 2.15. The van der Waals surface area contributed by atoms with E-state index in [1.165, 1.54) is 11.1 Å². The van der Waals surface area contributed by atoms with Crippen molar-refractivity contribution < 1.29 is 9.47 Å². The number of rotatable bonds is 11. The molecule has 1 aromatic rings. The van der Waals surface area contributed by atoms with E-state index in [1.54, 1.807) is 14.2 Å². The van der Waals surface area contributed by atoms with Crippen LogP contribution in [0.25, 0.3) is 0 Å². The van der Waals surface area contributed by atoms with Crippen LogP contribution in [0.5, 0.6) is 0 Å². The predicted molar refractivity (Wildman–Crippen MR) is 87.8 cm³/mol. The first-order valence-corrected chi connectivity index (χ1v) is 7.71. The second-order valence-electron chi connectivity index (χ2n) is 5.31. The smallest absolute Gasteiger partial charge is 0.0589 e. The number of nitrogens with zero attached hydrogens (tertiary/aromatic N) is 1. The molecule has 0 aliphatic rings. The topological polar surface area (TPSA) is 33.7 Å². The highest BCUT2D eigenvalue weighted by Crippen LogP contribution is 2.15. The van der Waals surface area contributed by atoms with Gasteiger partial charge >= 0.3 is 0 Å². The highest BCUT2D eigenvalue weighted by atomic mass is 16.5. The Morgan fingerprint density at radius 3 is 2.10 bits per heavy atom. The molecule has 4 heteroatoms. The summed E-state index contributed by atoms with van der Waals surface area (Å²) in [6, 6.07) is 9.12. The van der Waals surface area contributed by atoms with Gasteiger partial charge in [-0.15, -0.1) is 0 Å². The van der Waals surface area contributed by atoms with E-state index in [2.05, 4.69) is 48.3 Å². The second kappa shape index (κ2) is 10.7. The van der Waals surface area contributed by atoms with Gasteiger partial charge in [-0.05, 0) is 19.0 Å². The second-order valence-corrected chi connectivity index (χ2v) is 5.31. The molecule has 0 radical (unpaired) electrons. The number of methoxy groups -OCH3 is 2. The lowest BCUT2D eigenvalue weighted by atomic mass is 10.0. The summed E-state index contributed by atoms with van der Waals surface area (Å²) >= 11 is 0. The van der Waals surface area contributed by atoms with Gasteiger partial charge in [0, 0.05) is 39.9 Å². The van der Waals surface area contributed by atoms with E-state index in [1.807, 2.05) is 0 Å². The summed E-state index contributed by atoms with van der Waals surface area (Å²) < 4.78 is 10.4. The Balaban J connectivity index is 2.69. The Kier molecular flexibility index (Phi) is 9.26. The molecule has 0 heterocycles. The van der Waals surface area contributed by atoms with Crippen molar-refractivity contribution in [1.29, 1.82) is 0 Å². The fourth-order valence-corrected chi connectivity index (χ4v) is 2.33. The van der Waals surface area contributed by atoms with E-state index in [-0.39, 0.29) is 0 Å². The SMILES string of the molecule is CCNC(CN(CCOC)CCOC)c1ccc(C)cc1. The fraction of sp³-hybridized carbons (Fsp3) is 0.647. The van der Waals surface area contributed by atoms with Crippen LogP contribution >= 0.6 is 0 Å². The van der Waals surface area contributed by atoms with E-state index in [0.717, 1.165) is 39.4 Å². The minimum atomic E-state index is 0.337. The molecule has 21 heavy (non-hydrogen) atoms. The Morgan fingerprint density at radius 1 is 1.05 bits per heavy atom. The molecule has 0 saturated carbocycles. The molecule has 0 saturated heterocycles. The van der Waals surface area contributed by atoms with Gasteiger partial charge in [-0.25, -0.2) is 0 Å². The zero-order valence-electron chi connectivity index (χ0n) is 13.9. The molecule has 1 rings (SSSR count). The standard InChI is InChI=1S/C17H30N2O2/c1-5-18-17(16-8-6-15(2)7-9-16)14-19(10-12-20-3)11-13-21-4/h6-9,17-18H,5,10-14H2,1-4H3. The van der Waals surface area contributed by atoms with Crippen LogP contribution in [0.2, 0.25) is 0 Å². The van der Waals surface area contributed by atoms with Gasteiger partial charge < -0.3 is 14.8 Å². The first-order valence-electron chi connectivity index (χ1n) is 7.71. The molecule has 0 aliphatic heterocycles. The first-order chi connectivity index (χ1) is 10.2. The summed E-state index contributed by atoms with van der Waals surface area (Å²) in [6.07, 6.45) is 0. The van der Waals surface area contributed by atoms with E-state index < -0.39 is 0 Å². The van der Waals surface area contributed by atoms with E-state index in [0.29, 0.717) is 6.04 Å². The number of nitrogens with one attached hydrogen (secondary N) is 1. The maximum atomic E-state index is 5.21. The minimum Gasteiger partial charge on any atom is -0.383 e. The number of hydrogen-bond donors (Lipinski definition) is 1. The van der Waals surface area contributed by atoms with E-state index in [4.69, 9.17) is 9.47 Å². The summed E-state index contributed by atoms with van der Waals surface area (Å²) in [4.78, 5) is 2.39. The quantitative estimate of drug-likeness (QED) is 0.679. The van der Waals surface area contributed by atoms with Crippen molar-refractivity contribution in [2.45, 2.75) is 19.9 Å². The van der Waals surface area contributed by atoms with Crippen molar-refractivity contribution in [1.82, 2.24) is 10.2 Å². The van der Waals surface area contributed by atoms with Gasteiger partial charge in [0.2, 0.25) is 0 Å². The lowest BCUT2D eigenvalue weighted by Crippen LogP contribution is -2.38. The van der Waals surface area contributed by atoms with Gasteiger partial charge in [-0.3, -0.25) is 4.90 Å². The highest BCUT2D eigenvalue weighted by molar-refractivity contribution is 5.24. The lowest BCUT2D eigenvalue weighted by molar-refractivity contribution is 0.108. The van der Waals surface area contributed by atoms with Crippen molar-refractivity contribution in [2.24, 2.45) is 0 Å². The van der Waals surface area contributed by atoms with E-state index in [9.17, 15) is 0 Å². The Hall–Kier alpha value is -0.940. The van der Waals surface area contributed by atoms with Crippen molar-refractivity contribution in [3.63, 3.8) is 0 Å². The van der Waals surface area contributed by atoms with Gasteiger partial charge in [0.15, 0.2) is 0 Å². The summed E-state index contributed by atoms with van der Waals surface area (Å²) in [5.41, 5.74) is 2.63. The molecule has 4 nitrogen and oxygen atoms in total. The van der Waals surface area contributed by atoms with Crippen LogP contribution in [0, 0.1) is 6.92 Å². The molecule has 0 bridgehead atoms. The largest absolute Gasteiger partial charge is 0.383 e. The van der Waals surface area contributed by atoms with Gasteiger partial charge in [0.25, 0.3) is 0 Å². The van der Waals surface area contributed by atoms with Crippen molar-refractivity contribution in [2.75, 3.05) is 53.6 Å². The summed E-state index contributed by atoms with van der Waals surface area (Å²) in [6.45, 7) is 9.53. The Labute approximate surface area is 129 Å². The molecule has 1 N–H and O–H groups in total. The number of likely N-dealkylation sites (N-methyl/N-ethyl adjacent to an activating group) is 1. The van der Waals surface area contributed by atoms with Gasteiger partial charge in [-0.2, -0.15) is 0 Å². The molecule has 0 spiro atoms. The molecule has 0 fully saturated rings. The van der Waals surface area contributed by atoms with Gasteiger partial charge in [0.1, 0.15) is 0 Å². The summed E-state index contributed by atoms with van der Waals surface area (Å²) in [7, 11) is 3.49. The van der Waals surface area contributed by atoms with Crippen LogP contribution in [0.4, 0.5) is 0 Å². The zero-order valence-corrected chi connectivity index (χ0v) is 13.9. The molecule has 1 atom stereocenters. The van der Waals surface area contributed by atoms with Crippen LogP contribution in [-0.4, -0.2) is 58.5 Å². The van der Waals surface area contributed by atoms with Crippen molar-refractivity contribution in [3.05, 3.63) is 35.4 Å². The summed E-state index contributed by atoms with van der Waals surface area (Å²) in [5, 5.41) is 3.58. The number of ether oxygens (including phenoxy) is 2. The Bertz CT molecular complexity index is 360. The molecule has 1 aromatic carbocycles. The Morgan fingerprint density at radius 2 is 1.62 bits per heavy atom. The molecule has 1 unspecified atom stereocenters. The lowest BCUT2D eigenvalue weighted by Gasteiger charge is -2.28. The predicted octanol–water partition coefficient (Wildman–Crippen LogP) is 2.24. The average molecular weight is 294 g/mol. The molecular formula is C17H30N2O2. The molecular weight excluding hydrogens is 264 g/mol. The molecule has 0 aliphatic carbocycles. The van der Waals surface area contributed by atoms with Gasteiger partial charge in [-0.1, -0.05) is 36.8 Å². The van der Waals surface area contributed by atoms with Crippen LogP contribution in [-0.2, 0) is 9.47 Å². The maximum Gasteiger partial charge on any atom is 0.0589 e. The third-order valence-electron chi connectivity index (χ3n) is 3.59. The van der Waals surface area contributed by atoms with Crippen LogP contribution in [0.3, 0.4) is 0 Å². The monoisotopic (exact) mass is 294 g/mol. The van der Waals surface area contributed by atoms with Crippen LogP contribution in [0.15, 0.2) is 24.3 Å². The number of benzene rings is 1. The van der Waals surface area contributed by atoms with Crippen LogP contribution in [0.1, 0.15) is 24.1 Å². The van der Waals surface area contributed by atoms with Crippen molar-refractivity contribution >= 4 is 0 Å². The first kappa shape index (κ1) is 18.1. The maximum absolute atomic E-state index is 5.21. The zero-order chi connectivity index (χ0) is 15.5. The fourth-order valence-electron chi connectivity index (χ4n) is 2.33. The van der Waals surface area contributed by atoms with Crippen molar-refractivity contribution in [3.8, 4) is 0 Å². The summed E-state index contributed by atoms with van der Waals surface area (Å²) in [5.74, 6) is 0. The molecule has 0 amide bonds. The minimum absolute atomic E-state index is 0.337. The van der Waals surface area contributed by atoms with E-state index >= 15 is 0 Å². The van der Waals surface area contributed by atoms with Gasteiger partial charge in [0.05, 0.1) is 13.2 Å². The normalized spacial score (nSPS) is 12.8. The number of hydrogen-bond acceptors (Lipinski definition) is 4. The third-order valence-corrected chi connectivity index (χ3v) is 3.59. The molecule has 120 valence electrons. The number of aryl methyl sites for hydroxylation is 1. The van der Waals surface area contributed by atoms with Crippen LogP contribution < -0.4 is 5.32 Å².